The number of furan rings is 1. The third-order valence-electron chi connectivity index (χ3n) is 3.04. The molecular formula is C16H20O2. The molecule has 2 aromatic rings. The molecule has 2 nitrogen and oxygen atoms in total. The summed E-state index contributed by atoms with van der Waals surface area (Å²) < 4.78 is 5.72. The summed E-state index contributed by atoms with van der Waals surface area (Å²) >= 11 is 0. The summed E-state index contributed by atoms with van der Waals surface area (Å²) in [6, 6.07) is 12.0. The molecular weight excluding hydrogens is 224 g/mol. The molecule has 18 heavy (non-hydrogen) atoms. The van der Waals surface area contributed by atoms with Gasteiger partial charge in [0.05, 0.1) is 0 Å². The zero-order valence-corrected chi connectivity index (χ0v) is 11.4. The summed E-state index contributed by atoms with van der Waals surface area (Å²) in [6.45, 7) is 8.26. The molecule has 0 aliphatic rings. The molecule has 0 saturated carbocycles. The van der Waals surface area contributed by atoms with Gasteiger partial charge in [-0.25, -0.2) is 0 Å². The number of hydrogen-bond donors (Lipinski definition) is 1. The second-order valence-corrected chi connectivity index (χ2v) is 5.67. The second-order valence-electron chi connectivity index (χ2n) is 5.67. The Kier molecular flexibility index (Phi) is 3.31. The first kappa shape index (κ1) is 12.9. The molecule has 0 saturated heterocycles. The minimum Gasteiger partial charge on any atom is -0.458 e. The topological polar surface area (TPSA) is 33.4 Å². The molecule has 0 bridgehead atoms. The van der Waals surface area contributed by atoms with Crippen LogP contribution in [0.2, 0.25) is 0 Å². The van der Waals surface area contributed by atoms with E-state index in [9.17, 15) is 5.11 Å². The molecule has 0 aliphatic carbocycles. The number of aliphatic hydroxyl groups is 1. The van der Waals surface area contributed by atoms with Crippen molar-refractivity contribution in [2.24, 2.45) is 0 Å². The first-order chi connectivity index (χ1) is 8.39. The van der Waals surface area contributed by atoms with Crippen LogP contribution in [0.4, 0.5) is 0 Å². The van der Waals surface area contributed by atoms with Crippen LogP contribution in [0.25, 0.3) is 11.3 Å². The molecule has 96 valence electrons. The van der Waals surface area contributed by atoms with Crippen molar-refractivity contribution in [1.29, 1.82) is 0 Å². The average Bonchev–Trinajstić information content (AvgIpc) is 2.77. The molecule has 1 unspecified atom stereocenters. The molecule has 1 N–H and O–H groups in total. The van der Waals surface area contributed by atoms with Gasteiger partial charge in [-0.1, -0.05) is 45.0 Å². The molecule has 0 spiro atoms. The van der Waals surface area contributed by atoms with Gasteiger partial charge in [-0.2, -0.15) is 0 Å². The molecule has 2 rings (SSSR count). The van der Waals surface area contributed by atoms with Gasteiger partial charge in [-0.3, -0.25) is 0 Å². The molecule has 1 aromatic heterocycles. The van der Waals surface area contributed by atoms with Gasteiger partial charge in [0, 0.05) is 5.56 Å². The van der Waals surface area contributed by atoms with Crippen molar-refractivity contribution in [3.8, 4) is 11.3 Å². The first-order valence-electron chi connectivity index (χ1n) is 6.27. The SMILES string of the molecule is CC(O)c1ccc(-c2ccccc2C(C)(C)C)o1. The van der Waals surface area contributed by atoms with Crippen molar-refractivity contribution in [1.82, 2.24) is 0 Å². The summed E-state index contributed by atoms with van der Waals surface area (Å²) in [4.78, 5) is 0. The molecule has 1 heterocycles. The third-order valence-corrected chi connectivity index (χ3v) is 3.04. The Labute approximate surface area is 108 Å². The highest BCUT2D eigenvalue weighted by Gasteiger charge is 2.20. The maximum Gasteiger partial charge on any atom is 0.134 e. The maximum absolute atomic E-state index is 9.52. The van der Waals surface area contributed by atoms with Crippen molar-refractivity contribution in [2.75, 3.05) is 0 Å². The number of rotatable bonds is 2. The maximum atomic E-state index is 9.52. The van der Waals surface area contributed by atoms with Crippen LogP contribution in [0.5, 0.6) is 0 Å². The lowest BCUT2D eigenvalue weighted by Crippen LogP contribution is -2.12. The number of benzene rings is 1. The van der Waals surface area contributed by atoms with Crippen LogP contribution in [-0.2, 0) is 5.41 Å². The van der Waals surface area contributed by atoms with E-state index in [2.05, 4.69) is 32.9 Å². The summed E-state index contributed by atoms with van der Waals surface area (Å²) in [5.41, 5.74) is 2.40. The Morgan fingerprint density at radius 1 is 1.06 bits per heavy atom. The largest absolute Gasteiger partial charge is 0.458 e. The van der Waals surface area contributed by atoms with Gasteiger partial charge in [-0.15, -0.1) is 0 Å². The third kappa shape index (κ3) is 2.49. The van der Waals surface area contributed by atoms with Crippen LogP contribution in [-0.4, -0.2) is 5.11 Å². The van der Waals surface area contributed by atoms with E-state index in [1.165, 1.54) is 5.56 Å². The Morgan fingerprint density at radius 3 is 2.28 bits per heavy atom. The highest BCUT2D eigenvalue weighted by atomic mass is 16.4. The van der Waals surface area contributed by atoms with E-state index < -0.39 is 6.10 Å². The molecule has 0 fully saturated rings. The zero-order chi connectivity index (χ0) is 13.3. The lowest BCUT2D eigenvalue weighted by molar-refractivity contribution is 0.170. The van der Waals surface area contributed by atoms with Crippen LogP contribution in [0.3, 0.4) is 0 Å². The normalized spacial score (nSPS) is 13.6. The van der Waals surface area contributed by atoms with Crippen molar-refractivity contribution in [2.45, 2.75) is 39.2 Å². The molecule has 1 aromatic carbocycles. The van der Waals surface area contributed by atoms with E-state index in [0.29, 0.717) is 5.76 Å². The van der Waals surface area contributed by atoms with Gasteiger partial charge >= 0.3 is 0 Å². The van der Waals surface area contributed by atoms with Crippen LogP contribution in [0.15, 0.2) is 40.8 Å². The Morgan fingerprint density at radius 2 is 1.72 bits per heavy atom. The van der Waals surface area contributed by atoms with Crippen LogP contribution in [0, 0.1) is 0 Å². The zero-order valence-electron chi connectivity index (χ0n) is 11.4. The summed E-state index contributed by atoms with van der Waals surface area (Å²) in [5, 5.41) is 9.52. The van der Waals surface area contributed by atoms with Crippen LogP contribution < -0.4 is 0 Å². The van der Waals surface area contributed by atoms with Gasteiger partial charge < -0.3 is 9.52 Å². The lowest BCUT2D eigenvalue weighted by Gasteiger charge is -2.21. The predicted molar refractivity (Wildman–Crippen MR) is 73.5 cm³/mol. The number of hydrogen-bond acceptors (Lipinski definition) is 2. The fraction of sp³-hybridized carbons (Fsp3) is 0.375. The van der Waals surface area contributed by atoms with E-state index in [-0.39, 0.29) is 5.41 Å². The van der Waals surface area contributed by atoms with Gasteiger partial charge in [0.2, 0.25) is 0 Å². The minimum absolute atomic E-state index is 0.0639. The van der Waals surface area contributed by atoms with Crippen LogP contribution >= 0.6 is 0 Å². The van der Waals surface area contributed by atoms with Crippen LogP contribution in [0.1, 0.15) is 45.1 Å². The molecule has 0 aliphatic heterocycles. The van der Waals surface area contributed by atoms with E-state index in [4.69, 9.17) is 4.42 Å². The molecule has 2 heteroatoms. The highest BCUT2D eigenvalue weighted by Crippen LogP contribution is 2.34. The summed E-state index contributed by atoms with van der Waals surface area (Å²) in [6.07, 6.45) is -0.569. The van der Waals surface area contributed by atoms with E-state index in [1.807, 2.05) is 24.3 Å². The molecule has 0 radical (unpaired) electrons. The van der Waals surface area contributed by atoms with Gasteiger partial charge in [-0.05, 0) is 30.0 Å². The van der Waals surface area contributed by atoms with Gasteiger partial charge in [0.15, 0.2) is 0 Å². The van der Waals surface area contributed by atoms with Crippen molar-refractivity contribution >= 4 is 0 Å². The Hall–Kier alpha value is -1.54. The van der Waals surface area contributed by atoms with E-state index >= 15 is 0 Å². The quantitative estimate of drug-likeness (QED) is 0.854. The highest BCUT2D eigenvalue weighted by molar-refractivity contribution is 5.64. The second kappa shape index (κ2) is 4.62. The lowest BCUT2D eigenvalue weighted by atomic mass is 9.83. The average molecular weight is 244 g/mol. The molecule has 0 amide bonds. The van der Waals surface area contributed by atoms with E-state index in [0.717, 1.165) is 11.3 Å². The smallest absolute Gasteiger partial charge is 0.134 e. The molecule has 1 atom stereocenters. The summed E-state index contributed by atoms with van der Waals surface area (Å²) in [7, 11) is 0. The van der Waals surface area contributed by atoms with E-state index in [1.54, 1.807) is 6.92 Å². The van der Waals surface area contributed by atoms with Crippen molar-refractivity contribution in [3.63, 3.8) is 0 Å². The number of aliphatic hydroxyl groups excluding tert-OH is 1. The predicted octanol–water partition coefficient (Wildman–Crippen LogP) is 4.30. The van der Waals surface area contributed by atoms with Gasteiger partial charge in [0.1, 0.15) is 17.6 Å². The first-order valence-corrected chi connectivity index (χ1v) is 6.27. The Balaban J connectivity index is 2.50. The standard InChI is InChI=1S/C16H20O2/c1-11(17)14-9-10-15(18-14)12-7-5-6-8-13(12)16(2,3)4/h5-11,17H,1-4H3. The summed E-state index contributed by atoms with van der Waals surface area (Å²) in [5.74, 6) is 1.42. The fourth-order valence-corrected chi connectivity index (χ4v) is 2.07. The van der Waals surface area contributed by atoms with Crippen molar-refractivity contribution in [3.05, 3.63) is 47.7 Å². The minimum atomic E-state index is -0.569. The van der Waals surface area contributed by atoms with Gasteiger partial charge in [0.25, 0.3) is 0 Å². The fourth-order valence-electron chi connectivity index (χ4n) is 2.07. The Bertz CT molecular complexity index is 530. The monoisotopic (exact) mass is 244 g/mol. The van der Waals surface area contributed by atoms with Crippen molar-refractivity contribution < 1.29 is 9.52 Å².